The molecule has 0 amide bonds. The first-order valence-corrected chi connectivity index (χ1v) is 9.29. The number of benzene rings is 2. The molecule has 8 nitrogen and oxygen atoms in total. The average molecular weight is 478 g/mol. The molecule has 0 saturated heterocycles. The van der Waals surface area contributed by atoms with Gasteiger partial charge in [0.25, 0.3) is 0 Å². The first-order chi connectivity index (χ1) is 14.4. The fourth-order valence-corrected chi connectivity index (χ4v) is 3.44. The molecule has 0 heterocycles. The molecule has 31 heavy (non-hydrogen) atoms. The van der Waals surface area contributed by atoms with Gasteiger partial charge in [0.15, 0.2) is 0 Å². The van der Waals surface area contributed by atoms with Crippen LogP contribution in [0.25, 0.3) is 0 Å². The molecule has 1 atom stereocenters. The molecule has 160 valence electrons. The Labute approximate surface area is 192 Å². The van der Waals surface area contributed by atoms with Gasteiger partial charge in [0.05, 0.1) is 24.1 Å². The van der Waals surface area contributed by atoms with Crippen LogP contribution in [0.15, 0.2) is 65.6 Å². The second kappa shape index (κ2) is 17.9. The molecule has 0 radical (unpaired) electrons. The second-order valence-corrected chi connectivity index (χ2v) is 6.96. The van der Waals surface area contributed by atoms with Crippen LogP contribution < -0.4 is 9.46 Å². The van der Waals surface area contributed by atoms with Gasteiger partial charge in [-0.15, -0.1) is 0 Å². The summed E-state index contributed by atoms with van der Waals surface area (Å²) in [6.45, 7) is 19.0. The largest absolute Gasteiger partial charge is 0 e. The van der Waals surface area contributed by atoms with Crippen molar-refractivity contribution >= 4 is 10.0 Å². The van der Waals surface area contributed by atoms with Gasteiger partial charge in [0, 0.05) is 28.5 Å². The second-order valence-electron chi connectivity index (χ2n) is 5.25. The minimum Gasteiger partial charge on any atom is 0 e. The smallest absolute Gasteiger partial charge is 0 e. The Morgan fingerprint density at radius 2 is 1.55 bits per heavy atom. The normalized spacial score (nSPS) is 9.65. The summed E-state index contributed by atoms with van der Waals surface area (Å²) in [7, 11) is -2.34. The molecule has 2 rings (SSSR count). The van der Waals surface area contributed by atoms with Gasteiger partial charge in [-0.2, -0.15) is 9.98 Å². The summed E-state index contributed by atoms with van der Waals surface area (Å²) in [5.41, 5.74) is 1.56. The van der Waals surface area contributed by atoms with Gasteiger partial charge >= 0.3 is 33.9 Å². The van der Waals surface area contributed by atoms with E-state index in [2.05, 4.69) is 31.3 Å². The van der Waals surface area contributed by atoms with Crippen LogP contribution in [0.4, 0.5) is 0 Å². The quantitative estimate of drug-likeness (QED) is 0.387. The maximum Gasteiger partial charge on any atom is 0 e. The zero-order chi connectivity index (χ0) is 23.7. The zero-order valence-corrected chi connectivity index (χ0v) is 18.7. The van der Waals surface area contributed by atoms with Crippen molar-refractivity contribution in [1.29, 1.82) is 5.26 Å². The molecule has 0 spiro atoms. The van der Waals surface area contributed by atoms with Crippen LogP contribution >= 0.6 is 0 Å². The molecule has 2 aromatic carbocycles. The molecule has 0 saturated carbocycles. The van der Waals surface area contributed by atoms with Crippen LogP contribution in [0.5, 0.6) is 5.75 Å². The Morgan fingerprint density at radius 3 is 2.00 bits per heavy atom. The van der Waals surface area contributed by atoms with E-state index in [-0.39, 0.29) is 27.8 Å². The van der Waals surface area contributed by atoms with E-state index < -0.39 is 16.1 Å². The number of nitrogens with one attached hydrogen (secondary N) is 1. The van der Waals surface area contributed by atoms with Gasteiger partial charge in [0.1, 0.15) is 5.75 Å². The number of methoxy groups -OCH3 is 1. The molecule has 1 N–H and O–H groups in total. The first kappa shape index (κ1) is 32.8. The summed E-state index contributed by atoms with van der Waals surface area (Å²) in [6.07, 6.45) is 0. The first-order valence-electron chi connectivity index (χ1n) is 7.81. The molecule has 0 aliphatic rings. The van der Waals surface area contributed by atoms with Gasteiger partial charge in [-0.25, -0.2) is 8.42 Å². The molecular formula is C21H18CrN2O6S. The number of hydrogen-bond donors (Lipinski definition) is 1. The van der Waals surface area contributed by atoms with Crippen molar-refractivity contribution in [3.63, 3.8) is 0 Å². The van der Waals surface area contributed by atoms with Gasteiger partial charge in [0.2, 0.25) is 10.0 Å². The van der Waals surface area contributed by atoms with Crippen molar-refractivity contribution in [2.45, 2.75) is 17.9 Å². The van der Waals surface area contributed by atoms with Crippen molar-refractivity contribution in [2.75, 3.05) is 7.11 Å². The van der Waals surface area contributed by atoms with E-state index in [1.807, 2.05) is 13.0 Å². The third-order valence-electron chi connectivity index (χ3n) is 3.55. The Hall–Kier alpha value is -2.87. The number of aryl methyl sites for hydroxylation is 1. The summed E-state index contributed by atoms with van der Waals surface area (Å²) in [5, 5.41) is 9.21. The standard InChI is InChI=1S/C18H18N2O3S.3CO.Cr/c1-13-8-10-15(11-9-13)24(21,22)20-18(14(2)12-19)16-6-4-5-7-17(16)23-3;3*1-2;/h4-11,18,20H,2H2,1,3H3;;;;/t18-;;;;/m1..../s1. The van der Waals surface area contributed by atoms with Crippen LogP contribution in [0.3, 0.4) is 0 Å². The number of sulfonamides is 1. The number of rotatable bonds is 6. The van der Waals surface area contributed by atoms with Crippen molar-refractivity contribution in [2.24, 2.45) is 0 Å². The van der Waals surface area contributed by atoms with E-state index in [4.69, 9.17) is 18.7 Å². The summed E-state index contributed by atoms with van der Waals surface area (Å²) in [4.78, 5) is 0.124. The van der Waals surface area contributed by atoms with E-state index in [0.29, 0.717) is 11.3 Å². The van der Waals surface area contributed by atoms with E-state index >= 15 is 0 Å². The number of para-hydroxylation sites is 1. The van der Waals surface area contributed by atoms with E-state index in [1.165, 1.54) is 19.2 Å². The summed E-state index contributed by atoms with van der Waals surface area (Å²) >= 11 is 0. The Balaban J connectivity index is -0.00000103. The Kier molecular flexibility index (Phi) is 19.0. The zero-order valence-electron chi connectivity index (χ0n) is 16.6. The maximum absolute atomic E-state index is 12.6. The van der Waals surface area contributed by atoms with Gasteiger partial charge < -0.3 is 4.74 Å². The van der Waals surface area contributed by atoms with Gasteiger partial charge in [-0.1, -0.05) is 42.5 Å². The fourth-order valence-electron chi connectivity index (χ4n) is 2.23. The monoisotopic (exact) mass is 478 g/mol. The summed E-state index contributed by atoms with van der Waals surface area (Å²) in [6, 6.07) is 14.4. The molecule has 10 heteroatoms. The van der Waals surface area contributed by atoms with Crippen LogP contribution in [0.1, 0.15) is 17.2 Å². The number of nitriles is 1. The average Bonchev–Trinajstić information content (AvgIpc) is 2.81. The predicted molar refractivity (Wildman–Crippen MR) is 104 cm³/mol. The van der Waals surface area contributed by atoms with Crippen LogP contribution in [0.2, 0.25) is 0 Å². The topological polar surface area (TPSA) is 139 Å². The van der Waals surface area contributed by atoms with Crippen LogP contribution in [-0.2, 0) is 41.3 Å². The van der Waals surface area contributed by atoms with Crippen molar-refractivity contribution in [3.8, 4) is 11.8 Å². The third-order valence-corrected chi connectivity index (χ3v) is 4.99. The number of hydrogen-bond acceptors (Lipinski definition) is 4. The summed E-state index contributed by atoms with van der Waals surface area (Å²) in [5.74, 6) is 0.477. The molecule has 0 bridgehead atoms. The van der Waals surface area contributed by atoms with Crippen molar-refractivity contribution in [3.05, 3.63) is 91.8 Å². The minimum atomic E-state index is -3.82. The predicted octanol–water partition coefficient (Wildman–Crippen LogP) is 2.99. The Bertz CT molecular complexity index is 1010. The molecule has 0 aliphatic heterocycles. The Morgan fingerprint density at radius 1 is 1.06 bits per heavy atom. The number of ether oxygens (including phenoxy) is 1. The molecule has 2 aromatic rings. The molecule has 0 aromatic heterocycles. The maximum atomic E-state index is 12.6. The van der Waals surface area contributed by atoms with Crippen LogP contribution in [0, 0.1) is 38.2 Å². The molecular weight excluding hydrogens is 460 g/mol. The van der Waals surface area contributed by atoms with Gasteiger partial charge in [-0.3, -0.25) is 0 Å². The fraction of sp³-hybridized carbons (Fsp3) is 0.143. The van der Waals surface area contributed by atoms with Crippen LogP contribution in [-0.4, -0.2) is 15.5 Å². The van der Waals surface area contributed by atoms with Gasteiger partial charge in [-0.05, 0) is 25.1 Å². The molecule has 0 unspecified atom stereocenters. The minimum absolute atomic E-state index is 0. The summed E-state index contributed by atoms with van der Waals surface area (Å²) < 4.78 is 55.6. The van der Waals surface area contributed by atoms with E-state index in [1.54, 1.807) is 36.4 Å². The van der Waals surface area contributed by atoms with Crippen molar-refractivity contribution < 1.29 is 44.5 Å². The van der Waals surface area contributed by atoms with E-state index in [0.717, 1.165) is 5.56 Å². The SMILES string of the molecule is C=C(C#N)[C@@H](NS(=O)(=O)c1ccc(C)cc1)c1ccccc1OC.[C-]#[O+].[C-]#[O+].[C-]#[O+].[Cr]. The molecule has 0 aliphatic carbocycles. The third kappa shape index (κ3) is 10.1. The molecule has 0 fully saturated rings. The number of nitrogens with zero attached hydrogens (tertiary/aromatic N) is 1. The van der Waals surface area contributed by atoms with E-state index in [9.17, 15) is 13.7 Å². The van der Waals surface area contributed by atoms with Crippen molar-refractivity contribution in [1.82, 2.24) is 4.72 Å².